The molecule has 0 bridgehead atoms. The molecule has 1 aromatic heterocycles. The third kappa shape index (κ3) is 17.1. The maximum Gasteiger partial charge on any atom is 0.309 e. The first-order chi connectivity index (χ1) is 34.5. The summed E-state index contributed by atoms with van der Waals surface area (Å²) in [6, 6.07) is 3.38. The van der Waals surface area contributed by atoms with Crippen molar-refractivity contribution >= 4 is 34.8 Å². The Morgan fingerprint density at radius 3 is 2.37 bits per heavy atom. The van der Waals surface area contributed by atoms with Crippen LogP contribution in [0.4, 0.5) is 0 Å². The van der Waals surface area contributed by atoms with Crippen molar-refractivity contribution in [3.05, 3.63) is 53.0 Å². The maximum absolute atomic E-state index is 13.7. The van der Waals surface area contributed by atoms with E-state index in [1.807, 2.05) is 92.4 Å². The number of nitrogens with zero attached hydrogens (tertiary/aromatic N) is 3. The standard InChI is InChI=1S/C55H86N4O13S/c1-33(2)28-45(61)70-53-37(6)67-47(31-55(53,8)64)71-50-36(5)68-54(49(63)48(50)58(11)12)72-51-40(23-26-59(13)25-16-19-39-22-24-56-32-41(39)44-21-17-27-73-44)29-34(3)42(57(9)10)20-15-18-35(4)66-46(62)30-43(52(51)65-14)69-38(7)60/h15,17,20-22,24,27,32-37,39-40,42-43,47-54,56,63-64H,18,23,25-26,28-31H2,1-14H3/b20-15+/t34-,35-,36-,37+,39?,40+,42+,43-,47+,48-,49-,50?,51+,52+,53+,54+,55-/m1/s1. The second-order valence-electron chi connectivity index (χ2n) is 21.6. The van der Waals surface area contributed by atoms with Gasteiger partial charge in [0.1, 0.15) is 36.1 Å². The number of rotatable bonds is 16. The Balaban J connectivity index is 1.48. The van der Waals surface area contributed by atoms with Gasteiger partial charge in [-0.1, -0.05) is 50.8 Å². The van der Waals surface area contributed by atoms with Gasteiger partial charge in [0, 0.05) is 56.0 Å². The predicted molar refractivity (Wildman–Crippen MR) is 279 cm³/mol. The molecule has 0 aliphatic carbocycles. The van der Waals surface area contributed by atoms with Gasteiger partial charge in [-0.15, -0.1) is 11.3 Å². The molecule has 0 aromatic carbocycles. The van der Waals surface area contributed by atoms with E-state index in [-0.39, 0.29) is 49.0 Å². The van der Waals surface area contributed by atoms with Crippen LogP contribution in [0.25, 0.3) is 5.57 Å². The predicted octanol–water partition coefficient (Wildman–Crippen LogP) is 5.60. The molecule has 0 radical (unpaired) electrons. The summed E-state index contributed by atoms with van der Waals surface area (Å²) >= 11 is 1.68. The minimum atomic E-state index is -1.49. The number of hydrogen-bond acceptors (Lipinski definition) is 18. The first-order valence-corrected chi connectivity index (χ1v) is 26.8. The zero-order valence-corrected chi connectivity index (χ0v) is 46.5. The summed E-state index contributed by atoms with van der Waals surface area (Å²) in [6.45, 7) is 15.4. The molecule has 5 rings (SSSR count). The smallest absolute Gasteiger partial charge is 0.309 e. The molecule has 410 valence electrons. The number of nitrogens with one attached hydrogen (secondary N) is 1. The molecule has 2 fully saturated rings. The highest BCUT2D eigenvalue weighted by Crippen LogP contribution is 2.39. The van der Waals surface area contributed by atoms with E-state index in [2.05, 4.69) is 57.5 Å². The molecule has 0 saturated carbocycles. The molecule has 17 atom stereocenters. The fraction of sp³-hybridized carbons (Fsp3) is 0.727. The molecule has 3 N–H and O–H groups in total. The van der Waals surface area contributed by atoms with Crippen LogP contribution in [0, 0.1) is 35.5 Å². The number of methoxy groups -OCH3 is 1. The Morgan fingerprint density at radius 2 is 1.74 bits per heavy atom. The van der Waals surface area contributed by atoms with Gasteiger partial charge >= 0.3 is 17.9 Å². The molecule has 0 spiro atoms. The van der Waals surface area contributed by atoms with Gasteiger partial charge in [0.05, 0.1) is 43.2 Å². The molecule has 73 heavy (non-hydrogen) atoms. The lowest BCUT2D eigenvalue weighted by molar-refractivity contribution is -0.344. The fourth-order valence-corrected chi connectivity index (χ4v) is 11.4. The van der Waals surface area contributed by atoms with E-state index in [9.17, 15) is 24.6 Å². The van der Waals surface area contributed by atoms with E-state index in [4.69, 9.17) is 37.9 Å². The minimum Gasteiger partial charge on any atom is -0.462 e. The van der Waals surface area contributed by atoms with Crippen LogP contribution >= 0.6 is 11.3 Å². The molecule has 2 saturated heterocycles. The highest BCUT2D eigenvalue weighted by atomic mass is 32.1. The number of carbonyl (C=O) groups is 3. The van der Waals surface area contributed by atoms with Crippen LogP contribution in [-0.2, 0) is 52.3 Å². The van der Waals surface area contributed by atoms with Crippen LogP contribution < -0.4 is 5.32 Å². The Hall–Kier alpha value is -3.71. The van der Waals surface area contributed by atoms with Crippen LogP contribution in [-0.4, -0.2) is 183 Å². The average Bonchev–Trinajstić information content (AvgIpc) is 3.83. The minimum absolute atomic E-state index is 0.0158. The summed E-state index contributed by atoms with van der Waals surface area (Å²) in [4.78, 5) is 46.6. The SMILES string of the molecule is CO[C@@H]1[C@@H](O[C@@H]2O[C@H](C)C(O[C@H]3C[C@@](C)(O)[C@@H](OC(=O)CC(C)C)[C@H](C)O3)[C@H](N(C)C)[C@H]2O)[C@@H](CCN(C)CC#CC2C=CNC=C2c2cccs2)C[C@@H](C)[C@@H](N(C)C)/C=C/C[C@@H](C)OC(=O)C[C@H]1OC(C)=O. The maximum atomic E-state index is 13.7. The van der Waals surface area contributed by atoms with Crippen molar-refractivity contribution in [3.63, 3.8) is 0 Å². The second kappa shape index (κ2) is 27.9. The first-order valence-electron chi connectivity index (χ1n) is 25.9. The van der Waals surface area contributed by atoms with Gasteiger partial charge in [-0.2, -0.15) is 0 Å². The molecule has 5 heterocycles. The van der Waals surface area contributed by atoms with Crippen molar-refractivity contribution in [2.45, 2.75) is 179 Å². The van der Waals surface area contributed by atoms with Crippen molar-refractivity contribution in [1.82, 2.24) is 20.0 Å². The fourth-order valence-electron chi connectivity index (χ4n) is 10.6. The first kappa shape index (κ1) is 60.2. The van der Waals surface area contributed by atoms with Gasteiger partial charge in [0.15, 0.2) is 18.7 Å². The van der Waals surface area contributed by atoms with Crippen molar-refractivity contribution in [2.75, 3.05) is 55.4 Å². The number of aliphatic hydroxyl groups is 2. The van der Waals surface area contributed by atoms with Crippen LogP contribution in [0.3, 0.4) is 0 Å². The molecule has 4 aliphatic rings. The quantitative estimate of drug-likeness (QED) is 0.0804. The summed E-state index contributed by atoms with van der Waals surface area (Å²) in [7, 11) is 11.2. The largest absolute Gasteiger partial charge is 0.462 e. The Morgan fingerprint density at radius 1 is 1.00 bits per heavy atom. The number of thiophene rings is 1. The van der Waals surface area contributed by atoms with Crippen molar-refractivity contribution in [1.29, 1.82) is 0 Å². The van der Waals surface area contributed by atoms with Crippen LogP contribution in [0.1, 0.15) is 98.8 Å². The normalized spacial score (nSPS) is 36.1. The molecule has 4 aliphatic heterocycles. The van der Waals surface area contributed by atoms with E-state index in [1.54, 1.807) is 25.2 Å². The van der Waals surface area contributed by atoms with E-state index in [0.717, 1.165) is 10.5 Å². The number of aliphatic hydroxyl groups excluding tert-OH is 1. The Bertz CT molecular complexity index is 2070. The van der Waals surface area contributed by atoms with Gasteiger partial charge in [0.2, 0.25) is 0 Å². The molecular weight excluding hydrogens is 957 g/mol. The van der Waals surface area contributed by atoms with Crippen molar-refractivity contribution < 1.29 is 62.5 Å². The lowest BCUT2D eigenvalue weighted by atomic mass is 9.81. The van der Waals surface area contributed by atoms with Gasteiger partial charge in [-0.25, -0.2) is 0 Å². The molecular formula is C55H86N4O13S. The summed E-state index contributed by atoms with van der Waals surface area (Å²) in [5.41, 5.74) is -0.368. The van der Waals surface area contributed by atoms with Crippen LogP contribution in [0.5, 0.6) is 0 Å². The summed E-state index contributed by atoms with van der Waals surface area (Å²) in [6.07, 6.45) is 1.53. The zero-order valence-electron chi connectivity index (χ0n) is 45.7. The van der Waals surface area contributed by atoms with Crippen LogP contribution in [0.2, 0.25) is 0 Å². The zero-order chi connectivity index (χ0) is 53.7. The van der Waals surface area contributed by atoms with Crippen LogP contribution in [0.15, 0.2) is 48.1 Å². The highest BCUT2D eigenvalue weighted by Gasteiger charge is 2.53. The second-order valence-corrected chi connectivity index (χ2v) is 22.5. The molecule has 18 heteroatoms. The average molecular weight is 1040 g/mol. The molecule has 1 aromatic rings. The monoisotopic (exact) mass is 1040 g/mol. The van der Waals surface area contributed by atoms with E-state index >= 15 is 0 Å². The number of ether oxygens (including phenoxy) is 8. The van der Waals surface area contributed by atoms with Gasteiger partial charge in [-0.05, 0) is 124 Å². The topological polar surface area (TPSA) is 187 Å². The van der Waals surface area contributed by atoms with E-state index in [0.29, 0.717) is 32.4 Å². The van der Waals surface area contributed by atoms with E-state index in [1.165, 1.54) is 14.0 Å². The third-order valence-electron chi connectivity index (χ3n) is 14.1. The van der Waals surface area contributed by atoms with Crippen molar-refractivity contribution in [2.24, 2.45) is 23.7 Å². The highest BCUT2D eigenvalue weighted by molar-refractivity contribution is 7.11. The lowest BCUT2D eigenvalue weighted by Gasteiger charge is -2.50. The number of likely N-dealkylation sites (N-methyl/N-ethyl adjacent to an activating group) is 2. The van der Waals surface area contributed by atoms with Gasteiger partial charge in [0.25, 0.3) is 0 Å². The van der Waals surface area contributed by atoms with Gasteiger partial charge < -0.3 is 63.2 Å². The Labute approximate surface area is 438 Å². The summed E-state index contributed by atoms with van der Waals surface area (Å²) < 4.78 is 50.6. The Kier molecular flexibility index (Phi) is 23.0. The number of carbonyl (C=O) groups excluding carboxylic acids is 3. The van der Waals surface area contributed by atoms with Gasteiger partial charge in [-0.3, -0.25) is 19.3 Å². The molecule has 2 unspecified atom stereocenters. The number of esters is 3. The number of cyclic esters (lactones) is 1. The lowest BCUT2D eigenvalue weighted by Crippen LogP contribution is -2.66. The number of hydrogen-bond donors (Lipinski definition) is 3. The van der Waals surface area contributed by atoms with E-state index < -0.39 is 97.1 Å². The van der Waals surface area contributed by atoms with Crippen molar-refractivity contribution in [3.8, 4) is 11.8 Å². The number of allylic oxidation sites excluding steroid dienone is 2. The summed E-state index contributed by atoms with van der Waals surface area (Å²) in [5, 5.41) is 29.4. The summed E-state index contributed by atoms with van der Waals surface area (Å²) in [5.74, 6) is 5.02. The molecule has 17 nitrogen and oxygen atoms in total. The number of dihydropyridines is 1. The third-order valence-corrected chi connectivity index (χ3v) is 15.1. The molecule has 0 amide bonds.